The lowest BCUT2D eigenvalue weighted by Crippen LogP contribution is -2.30. The Morgan fingerprint density at radius 3 is 2.53 bits per heavy atom. The Labute approximate surface area is 210 Å². The quantitative estimate of drug-likeness (QED) is 0.349. The second kappa shape index (κ2) is 10.5. The molecule has 2 heterocycles. The lowest BCUT2D eigenvalue weighted by Gasteiger charge is -2.23. The summed E-state index contributed by atoms with van der Waals surface area (Å²) in [5.41, 5.74) is 4.77. The molecule has 0 atom stereocenters. The smallest absolute Gasteiger partial charge is 0.278 e. The molecule has 36 heavy (non-hydrogen) atoms. The van der Waals surface area contributed by atoms with Gasteiger partial charge in [0.05, 0.1) is 34.5 Å². The molecule has 12 heteroatoms. The zero-order valence-electron chi connectivity index (χ0n) is 20.6. The molecular formula is C24H29N7O4S. The van der Waals surface area contributed by atoms with Crippen LogP contribution in [-0.2, 0) is 14.9 Å². The van der Waals surface area contributed by atoms with Gasteiger partial charge in [0, 0.05) is 31.1 Å². The van der Waals surface area contributed by atoms with Crippen LogP contribution in [0.1, 0.15) is 41.6 Å². The molecule has 0 saturated heterocycles. The Morgan fingerprint density at radius 2 is 1.83 bits per heavy atom. The summed E-state index contributed by atoms with van der Waals surface area (Å²) >= 11 is 0. The summed E-state index contributed by atoms with van der Waals surface area (Å²) in [4.78, 5) is 30.9. The van der Waals surface area contributed by atoms with E-state index in [0.29, 0.717) is 54.0 Å². The molecule has 1 fully saturated rings. The second-order valence-corrected chi connectivity index (χ2v) is 10.6. The highest BCUT2D eigenvalue weighted by Crippen LogP contribution is 2.37. The molecule has 1 aliphatic carbocycles. The molecule has 0 spiro atoms. The maximum Gasteiger partial charge on any atom is 0.278 e. The molecule has 2 aromatic heterocycles. The van der Waals surface area contributed by atoms with E-state index in [1.807, 2.05) is 6.92 Å². The van der Waals surface area contributed by atoms with Gasteiger partial charge in [-0.25, -0.2) is 28.8 Å². The van der Waals surface area contributed by atoms with E-state index in [0.717, 1.165) is 5.69 Å². The van der Waals surface area contributed by atoms with Gasteiger partial charge in [-0.2, -0.15) is 0 Å². The lowest BCUT2D eigenvalue weighted by molar-refractivity contribution is 0.0365. The van der Waals surface area contributed by atoms with Crippen molar-refractivity contribution in [2.75, 3.05) is 28.6 Å². The van der Waals surface area contributed by atoms with Gasteiger partial charge in [-0.3, -0.25) is 13.9 Å². The molecule has 3 aromatic rings. The van der Waals surface area contributed by atoms with E-state index in [1.54, 1.807) is 50.2 Å². The van der Waals surface area contributed by atoms with E-state index in [9.17, 15) is 13.2 Å². The van der Waals surface area contributed by atoms with Crippen LogP contribution in [-0.4, -0.2) is 48.2 Å². The minimum Gasteiger partial charge on any atom is -0.353 e. The molecule has 1 aromatic carbocycles. The Kier molecular flexibility index (Phi) is 7.36. The van der Waals surface area contributed by atoms with Crippen LogP contribution in [0, 0.1) is 13.8 Å². The number of hydrogen-bond donors (Lipinski definition) is 3. The summed E-state index contributed by atoms with van der Waals surface area (Å²) < 4.78 is 27.1. The minimum atomic E-state index is -3.47. The number of carbonyl (C=O) groups excluding carboxylic acids is 1. The Morgan fingerprint density at radius 1 is 1.08 bits per heavy atom. The number of sulfonamides is 1. The van der Waals surface area contributed by atoms with Gasteiger partial charge in [0.2, 0.25) is 10.0 Å². The van der Waals surface area contributed by atoms with Crippen molar-refractivity contribution >= 4 is 44.6 Å². The number of hydroxylamine groups is 1. The zero-order chi connectivity index (χ0) is 25.9. The van der Waals surface area contributed by atoms with Crippen molar-refractivity contribution in [3.63, 3.8) is 0 Å². The standard InChI is InChI=1S/C24H29N7O4S/c1-5-35-30-24(32)18-14-25-22(29-23-12-15(2)26-16(3)27-23)13-20(18)28-19-8-6-7-9-21(19)31(4)36(33,34)17-10-11-17/h6-9,12-14,17H,5,10-11H2,1-4H3,(H,30,32)(H2,25,26,27,28,29). The predicted molar refractivity (Wildman–Crippen MR) is 138 cm³/mol. The average molecular weight is 512 g/mol. The first-order valence-electron chi connectivity index (χ1n) is 11.5. The number of aryl methyl sites for hydroxylation is 2. The van der Waals surface area contributed by atoms with Crippen LogP contribution < -0.4 is 20.4 Å². The number of carbonyl (C=O) groups is 1. The van der Waals surface area contributed by atoms with E-state index >= 15 is 0 Å². The molecule has 11 nitrogen and oxygen atoms in total. The summed E-state index contributed by atoms with van der Waals surface area (Å²) in [6, 6.07) is 10.5. The van der Waals surface area contributed by atoms with Crippen LogP contribution >= 0.6 is 0 Å². The second-order valence-electron chi connectivity index (χ2n) is 8.40. The first-order chi connectivity index (χ1) is 17.2. The summed E-state index contributed by atoms with van der Waals surface area (Å²) in [5.74, 6) is 1.10. The molecule has 4 rings (SSSR count). The van der Waals surface area contributed by atoms with Crippen molar-refractivity contribution in [2.45, 2.75) is 38.9 Å². The molecule has 0 unspecified atom stereocenters. The SMILES string of the molecule is CCONC(=O)c1cnc(Nc2cc(C)nc(C)n2)cc1Nc1ccccc1N(C)S(=O)(=O)C1CC1. The van der Waals surface area contributed by atoms with Gasteiger partial charge in [-0.1, -0.05) is 12.1 Å². The van der Waals surface area contributed by atoms with Crippen LogP contribution in [0.25, 0.3) is 0 Å². The number of nitrogens with one attached hydrogen (secondary N) is 3. The highest BCUT2D eigenvalue weighted by Gasteiger charge is 2.39. The van der Waals surface area contributed by atoms with Gasteiger partial charge in [-0.05, 0) is 45.7 Å². The van der Waals surface area contributed by atoms with Crippen LogP contribution in [0.3, 0.4) is 0 Å². The summed E-state index contributed by atoms with van der Waals surface area (Å²) in [6.07, 6.45) is 2.73. The highest BCUT2D eigenvalue weighted by atomic mass is 32.2. The highest BCUT2D eigenvalue weighted by molar-refractivity contribution is 7.93. The molecule has 1 aliphatic rings. The van der Waals surface area contributed by atoms with E-state index in [-0.39, 0.29) is 10.8 Å². The molecule has 0 bridgehead atoms. The minimum absolute atomic E-state index is 0.214. The summed E-state index contributed by atoms with van der Waals surface area (Å²) in [6.45, 7) is 5.71. The van der Waals surface area contributed by atoms with Crippen LogP contribution in [0.2, 0.25) is 0 Å². The van der Waals surface area contributed by atoms with Crippen LogP contribution in [0.5, 0.6) is 0 Å². The first kappa shape index (κ1) is 25.3. The van der Waals surface area contributed by atoms with Crippen molar-refractivity contribution in [1.82, 2.24) is 20.4 Å². The summed E-state index contributed by atoms with van der Waals surface area (Å²) in [5, 5.41) is 6.00. The van der Waals surface area contributed by atoms with Crippen LogP contribution in [0.15, 0.2) is 42.6 Å². The monoisotopic (exact) mass is 511 g/mol. The number of nitrogens with zero attached hydrogens (tertiary/aromatic N) is 4. The molecule has 3 N–H and O–H groups in total. The van der Waals surface area contributed by atoms with Crippen molar-refractivity contribution in [1.29, 1.82) is 0 Å². The Balaban J connectivity index is 1.70. The van der Waals surface area contributed by atoms with E-state index in [4.69, 9.17) is 4.84 Å². The number of rotatable bonds is 10. The normalized spacial score (nSPS) is 13.2. The number of pyridine rings is 1. The maximum absolute atomic E-state index is 12.9. The van der Waals surface area contributed by atoms with Gasteiger partial charge in [0.1, 0.15) is 17.5 Å². The molecular weight excluding hydrogens is 482 g/mol. The topological polar surface area (TPSA) is 138 Å². The Bertz CT molecular complexity index is 1360. The largest absolute Gasteiger partial charge is 0.353 e. The molecule has 190 valence electrons. The van der Waals surface area contributed by atoms with Gasteiger partial charge in [-0.15, -0.1) is 0 Å². The number of anilines is 5. The Hall–Kier alpha value is -3.77. The fourth-order valence-corrected chi connectivity index (χ4v) is 5.25. The predicted octanol–water partition coefficient (Wildman–Crippen LogP) is 3.59. The maximum atomic E-state index is 12.9. The number of benzene rings is 1. The third-order valence-electron chi connectivity index (χ3n) is 5.52. The van der Waals surface area contributed by atoms with Crippen molar-refractivity contribution in [3.05, 3.63) is 59.7 Å². The number of hydrogen-bond acceptors (Lipinski definition) is 9. The van der Waals surface area contributed by atoms with Crippen LogP contribution in [0.4, 0.5) is 28.7 Å². The number of aromatic nitrogens is 3. The van der Waals surface area contributed by atoms with Crippen molar-refractivity contribution in [3.8, 4) is 0 Å². The fraction of sp³-hybridized carbons (Fsp3) is 0.333. The fourth-order valence-electron chi connectivity index (χ4n) is 3.64. The first-order valence-corrected chi connectivity index (χ1v) is 13.0. The molecule has 1 saturated carbocycles. The molecule has 0 aliphatic heterocycles. The van der Waals surface area contributed by atoms with Gasteiger partial charge in [0.15, 0.2) is 0 Å². The third-order valence-corrected chi connectivity index (χ3v) is 7.79. The number of amides is 1. The molecule has 0 radical (unpaired) electrons. The lowest BCUT2D eigenvalue weighted by atomic mass is 10.2. The average Bonchev–Trinajstić information content (AvgIpc) is 3.68. The van der Waals surface area contributed by atoms with Crippen molar-refractivity contribution < 1.29 is 18.0 Å². The summed E-state index contributed by atoms with van der Waals surface area (Å²) in [7, 11) is -1.94. The number of para-hydroxylation sites is 2. The van der Waals surface area contributed by atoms with Crippen molar-refractivity contribution in [2.24, 2.45) is 0 Å². The van der Waals surface area contributed by atoms with Gasteiger partial charge in [0.25, 0.3) is 5.91 Å². The van der Waals surface area contributed by atoms with Gasteiger partial charge < -0.3 is 10.6 Å². The van der Waals surface area contributed by atoms with E-state index in [1.165, 1.54) is 17.5 Å². The third kappa shape index (κ3) is 5.71. The molecule has 1 amide bonds. The van der Waals surface area contributed by atoms with E-state index < -0.39 is 15.9 Å². The van der Waals surface area contributed by atoms with E-state index in [2.05, 4.69) is 31.1 Å². The van der Waals surface area contributed by atoms with Gasteiger partial charge >= 0.3 is 0 Å². The zero-order valence-corrected chi connectivity index (χ0v) is 21.4.